The number of carboxylic acid groups (broad SMARTS) is 1. The summed E-state index contributed by atoms with van der Waals surface area (Å²) in [5, 5.41) is 9.07. The molecule has 1 aromatic rings. The maximum Gasteiger partial charge on any atom is 0.306 e. The van der Waals surface area contributed by atoms with Gasteiger partial charge in [0.05, 0.1) is 18.2 Å². The Bertz CT molecular complexity index is 497. The molecule has 0 atom stereocenters. The van der Waals surface area contributed by atoms with Gasteiger partial charge >= 0.3 is 5.97 Å². The van der Waals surface area contributed by atoms with E-state index in [1.807, 2.05) is 6.07 Å². The van der Waals surface area contributed by atoms with E-state index >= 15 is 0 Å². The molecule has 6 heteroatoms. The molecule has 1 aliphatic rings. The van der Waals surface area contributed by atoms with Gasteiger partial charge in [0.1, 0.15) is 11.6 Å². The molecule has 0 saturated carbocycles. The molecule has 0 aromatic carbocycles. The zero-order chi connectivity index (χ0) is 15.4. The number of rotatable bonds is 5. The Labute approximate surface area is 125 Å². The van der Waals surface area contributed by atoms with Crippen LogP contribution in [0, 0.1) is 5.92 Å². The van der Waals surface area contributed by atoms with E-state index in [1.54, 1.807) is 7.11 Å². The van der Waals surface area contributed by atoms with Crippen LogP contribution in [0.3, 0.4) is 0 Å². The lowest BCUT2D eigenvalue weighted by atomic mass is 9.97. The molecule has 0 aliphatic carbocycles. The largest absolute Gasteiger partial charge is 0.481 e. The molecule has 0 unspecified atom stereocenters. The lowest BCUT2D eigenvalue weighted by Gasteiger charge is -2.31. The number of hydrogen-bond acceptors (Lipinski definition) is 5. The Morgan fingerprint density at radius 3 is 2.62 bits per heavy atom. The number of carbonyl (C=O) groups is 1. The number of hydrogen-bond donors (Lipinski definition) is 1. The van der Waals surface area contributed by atoms with E-state index < -0.39 is 5.97 Å². The summed E-state index contributed by atoms with van der Waals surface area (Å²) < 4.78 is 5.17. The molecular weight excluding hydrogens is 270 g/mol. The van der Waals surface area contributed by atoms with Crippen molar-refractivity contribution in [1.29, 1.82) is 0 Å². The summed E-state index contributed by atoms with van der Waals surface area (Å²) in [4.78, 5) is 22.3. The molecule has 21 heavy (non-hydrogen) atoms. The Morgan fingerprint density at radius 1 is 1.43 bits per heavy atom. The minimum atomic E-state index is -0.694. The topological polar surface area (TPSA) is 75.5 Å². The Kier molecular flexibility index (Phi) is 5.12. The SMILES string of the molecule is COCc1cc(N2CCC(C(=O)O)CC2)nc(C(C)C)n1. The predicted molar refractivity (Wildman–Crippen MR) is 79.4 cm³/mol. The van der Waals surface area contributed by atoms with Crippen molar-refractivity contribution in [2.24, 2.45) is 5.92 Å². The number of aliphatic carboxylic acids is 1. The minimum absolute atomic E-state index is 0.230. The summed E-state index contributed by atoms with van der Waals surface area (Å²) >= 11 is 0. The van der Waals surface area contributed by atoms with Crippen molar-refractivity contribution in [2.75, 3.05) is 25.1 Å². The second kappa shape index (κ2) is 6.85. The molecule has 0 spiro atoms. The fraction of sp³-hybridized carbons (Fsp3) is 0.667. The molecule has 2 heterocycles. The highest BCUT2D eigenvalue weighted by Crippen LogP contribution is 2.24. The van der Waals surface area contributed by atoms with Crippen LogP contribution in [0.25, 0.3) is 0 Å². The van der Waals surface area contributed by atoms with E-state index in [1.165, 1.54) is 0 Å². The second-order valence-electron chi connectivity index (χ2n) is 5.76. The second-order valence-corrected chi connectivity index (χ2v) is 5.76. The van der Waals surface area contributed by atoms with Crippen LogP contribution >= 0.6 is 0 Å². The third-order valence-electron chi connectivity index (χ3n) is 3.76. The van der Waals surface area contributed by atoms with Gasteiger partial charge < -0.3 is 14.7 Å². The van der Waals surface area contributed by atoms with Gasteiger partial charge in [0.25, 0.3) is 0 Å². The molecule has 2 rings (SSSR count). The van der Waals surface area contributed by atoms with Crippen LogP contribution in [0.1, 0.15) is 44.1 Å². The molecule has 0 bridgehead atoms. The summed E-state index contributed by atoms with van der Waals surface area (Å²) in [5.74, 6) is 1.01. The molecular formula is C15H23N3O3. The zero-order valence-corrected chi connectivity index (χ0v) is 12.9. The molecule has 0 amide bonds. The van der Waals surface area contributed by atoms with Gasteiger partial charge in [-0.2, -0.15) is 0 Å². The van der Waals surface area contributed by atoms with Gasteiger partial charge in [-0.05, 0) is 12.8 Å². The predicted octanol–water partition coefficient (Wildman–Crippen LogP) is 2.05. The van der Waals surface area contributed by atoms with Crippen LogP contribution in [0.5, 0.6) is 0 Å². The molecule has 0 radical (unpaired) electrons. The molecule has 1 saturated heterocycles. The smallest absolute Gasteiger partial charge is 0.306 e. The van der Waals surface area contributed by atoms with E-state index in [9.17, 15) is 4.79 Å². The maximum absolute atomic E-state index is 11.0. The standard InChI is InChI=1S/C15H23N3O3/c1-10(2)14-16-12(9-21-3)8-13(17-14)18-6-4-11(5-7-18)15(19)20/h8,10-11H,4-7,9H2,1-3H3,(H,19,20). The van der Waals surface area contributed by atoms with Gasteiger partial charge in [-0.25, -0.2) is 9.97 Å². The van der Waals surface area contributed by atoms with Crippen LogP contribution in [-0.4, -0.2) is 41.2 Å². The van der Waals surface area contributed by atoms with Crippen LogP contribution in [0.15, 0.2) is 6.07 Å². The van der Waals surface area contributed by atoms with Crippen molar-refractivity contribution in [3.63, 3.8) is 0 Å². The first-order valence-corrected chi connectivity index (χ1v) is 7.35. The monoisotopic (exact) mass is 293 g/mol. The number of methoxy groups -OCH3 is 1. The first kappa shape index (κ1) is 15.7. The average Bonchev–Trinajstić information content (AvgIpc) is 2.47. The Morgan fingerprint density at radius 2 is 2.10 bits per heavy atom. The number of nitrogens with zero attached hydrogens (tertiary/aromatic N) is 3. The van der Waals surface area contributed by atoms with Crippen molar-refractivity contribution in [3.05, 3.63) is 17.6 Å². The quantitative estimate of drug-likeness (QED) is 0.895. The number of aromatic nitrogens is 2. The van der Waals surface area contributed by atoms with Gasteiger partial charge in [0.2, 0.25) is 0 Å². The molecule has 1 fully saturated rings. The third kappa shape index (κ3) is 3.91. The van der Waals surface area contributed by atoms with Crippen LogP contribution in [0.2, 0.25) is 0 Å². The van der Waals surface area contributed by atoms with Gasteiger partial charge in [0.15, 0.2) is 0 Å². The lowest BCUT2D eigenvalue weighted by Crippen LogP contribution is -2.37. The fourth-order valence-electron chi connectivity index (χ4n) is 2.50. The van der Waals surface area contributed by atoms with Gasteiger partial charge in [-0.15, -0.1) is 0 Å². The molecule has 1 aromatic heterocycles. The van der Waals surface area contributed by atoms with Crippen LogP contribution < -0.4 is 4.90 Å². The van der Waals surface area contributed by atoms with E-state index in [-0.39, 0.29) is 11.8 Å². The minimum Gasteiger partial charge on any atom is -0.481 e. The van der Waals surface area contributed by atoms with Gasteiger partial charge in [-0.1, -0.05) is 13.8 Å². The first-order valence-electron chi connectivity index (χ1n) is 7.35. The lowest BCUT2D eigenvalue weighted by molar-refractivity contribution is -0.142. The average molecular weight is 293 g/mol. The van der Waals surface area contributed by atoms with E-state index in [2.05, 4.69) is 28.7 Å². The zero-order valence-electron chi connectivity index (χ0n) is 12.9. The van der Waals surface area contributed by atoms with Gasteiger partial charge in [0, 0.05) is 32.2 Å². The fourth-order valence-corrected chi connectivity index (χ4v) is 2.50. The maximum atomic E-state index is 11.0. The normalized spacial score (nSPS) is 16.5. The van der Waals surface area contributed by atoms with Crippen molar-refractivity contribution < 1.29 is 14.6 Å². The number of ether oxygens (including phenoxy) is 1. The number of piperidine rings is 1. The number of anilines is 1. The molecule has 1 aliphatic heterocycles. The van der Waals surface area contributed by atoms with Crippen LogP contribution in [-0.2, 0) is 16.1 Å². The molecule has 116 valence electrons. The highest BCUT2D eigenvalue weighted by Gasteiger charge is 2.25. The summed E-state index contributed by atoms with van der Waals surface area (Å²) in [6, 6.07) is 1.94. The van der Waals surface area contributed by atoms with Crippen molar-refractivity contribution in [3.8, 4) is 0 Å². The summed E-state index contributed by atoms with van der Waals surface area (Å²) in [7, 11) is 1.65. The van der Waals surface area contributed by atoms with Crippen molar-refractivity contribution >= 4 is 11.8 Å². The number of carboxylic acids is 1. The van der Waals surface area contributed by atoms with E-state index in [4.69, 9.17) is 9.84 Å². The third-order valence-corrected chi connectivity index (χ3v) is 3.76. The Hall–Kier alpha value is -1.69. The summed E-state index contributed by atoms with van der Waals surface area (Å²) in [6.45, 7) is 6.02. The summed E-state index contributed by atoms with van der Waals surface area (Å²) in [6.07, 6.45) is 1.33. The van der Waals surface area contributed by atoms with E-state index in [0.717, 1.165) is 30.4 Å². The molecule has 1 N–H and O–H groups in total. The van der Waals surface area contributed by atoms with Crippen molar-refractivity contribution in [1.82, 2.24) is 9.97 Å². The van der Waals surface area contributed by atoms with Crippen LogP contribution in [0.4, 0.5) is 5.82 Å². The first-order chi connectivity index (χ1) is 10.0. The summed E-state index contributed by atoms with van der Waals surface area (Å²) in [5.41, 5.74) is 0.867. The highest BCUT2D eigenvalue weighted by molar-refractivity contribution is 5.70. The molecule has 6 nitrogen and oxygen atoms in total. The highest BCUT2D eigenvalue weighted by atomic mass is 16.5. The Balaban J connectivity index is 2.17. The van der Waals surface area contributed by atoms with E-state index in [0.29, 0.717) is 19.4 Å². The van der Waals surface area contributed by atoms with Crippen molar-refractivity contribution in [2.45, 2.75) is 39.2 Å². The van der Waals surface area contributed by atoms with Gasteiger partial charge in [-0.3, -0.25) is 4.79 Å².